The van der Waals surface area contributed by atoms with Crippen molar-refractivity contribution in [3.8, 4) is 0 Å². The van der Waals surface area contributed by atoms with E-state index in [2.05, 4.69) is 4.98 Å². The first-order valence-electron chi connectivity index (χ1n) is 5.62. The van der Waals surface area contributed by atoms with E-state index in [-0.39, 0.29) is 17.2 Å². The van der Waals surface area contributed by atoms with Gasteiger partial charge in [0.15, 0.2) is 5.03 Å². The third kappa shape index (κ3) is 1.61. The average molecular weight is 257 g/mol. The number of aromatic nitrogens is 2. The standard InChI is InChI=1S/C10H15N3O3S/c1-7-11-10(5-12(7)2)17(14,15)13-4-9-3-8(13)6-16-9/h5,8-9H,3-4,6H2,1-2H3. The van der Waals surface area contributed by atoms with Crippen LogP contribution in [-0.2, 0) is 21.8 Å². The summed E-state index contributed by atoms with van der Waals surface area (Å²) in [5, 5.41) is 0.144. The Morgan fingerprint density at radius 2 is 2.29 bits per heavy atom. The Labute approximate surface area is 100 Å². The summed E-state index contributed by atoms with van der Waals surface area (Å²) in [6.07, 6.45) is 2.45. The summed E-state index contributed by atoms with van der Waals surface area (Å²) in [4.78, 5) is 4.10. The van der Waals surface area contributed by atoms with Crippen LogP contribution in [0.4, 0.5) is 0 Å². The smallest absolute Gasteiger partial charge is 0.262 e. The van der Waals surface area contributed by atoms with E-state index in [1.54, 1.807) is 24.7 Å². The molecule has 2 unspecified atom stereocenters. The molecule has 3 rings (SSSR count). The van der Waals surface area contributed by atoms with E-state index in [1.807, 2.05) is 0 Å². The molecule has 1 aromatic heterocycles. The minimum atomic E-state index is -3.45. The number of nitrogens with zero attached hydrogens (tertiary/aromatic N) is 3. The Hall–Kier alpha value is -0.920. The molecular formula is C10H15N3O3S. The van der Waals surface area contributed by atoms with Crippen LogP contribution in [0.5, 0.6) is 0 Å². The molecule has 3 heterocycles. The number of imidazole rings is 1. The van der Waals surface area contributed by atoms with Gasteiger partial charge in [0, 0.05) is 19.8 Å². The molecule has 2 aliphatic rings. The van der Waals surface area contributed by atoms with Crippen LogP contribution in [0.3, 0.4) is 0 Å². The maximum Gasteiger partial charge on any atom is 0.262 e. The van der Waals surface area contributed by atoms with Crippen LogP contribution < -0.4 is 0 Å². The van der Waals surface area contributed by atoms with Gasteiger partial charge in [0.2, 0.25) is 0 Å². The second-order valence-corrected chi connectivity index (χ2v) is 6.49. The molecule has 0 spiro atoms. The maximum absolute atomic E-state index is 12.4. The Bertz CT molecular complexity index is 532. The van der Waals surface area contributed by atoms with Crippen molar-refractivity contribution in [3.63, 3.8) is 0 Å². The number of fused-ring (bicyclic) bond motifs is 2. The van der Waals surface area contributed by atoms with Crippen molar-refractivity contribution in [2.75, 3.05) is 13.2 Å². The second kappa shape index (κ2) is 3.54. The number of ether oxygens (including phenoxy) is 1. The summed E-state index contributed by atoms with van der Waals surface area (Å²) >= 11 is 0. The summed E-state index contributed by atoms with van der Waals surface area (Å²) in [6, 6.07) is -0.00712. The van der Waals surface area contributed by atoms with Crippen LogP contribution in [0.2, 0.25) is 0 Å². The number of rotatable bonds is 2. The molecule has 6 nitrogen and oxygen atoms in total. The molecule has 0 aliphatic carbocycles. The Balaban J connectivity index is 1.96. The molecular weight excluding hydrogens is 242 g/mol. The van der Waals surface area contributed by atoms with Crippen LogP contribution in [0.1, 0.15) is 12.2 Å². The van der Waals surface area contributed by atoms with Crippen LogP contribution in [0, 0.1) is 6.92 Å². The van der Waals surface area contributed by atoms with Crippen molar-refractivity contribution in [3.05, 3.63) is 12.0 Å². The molecule has 0 radical (unpaired) electrons. The first-order chi connectivity index (χ1) is 7.98. The summed E-state index contributed by atoms with van der Waals surface area (Å²) in [5.74, 6) is 0.698. The molecule has 0 N–H and O–H groups in total. The van der Waals surface area contributed by atoms with Gasteiger partial charge < -0.3 is 9.30 Å². The maximum atomic E-state index is 12.4. The predicted molar refractivity (Wildman–Crippen MR) is 60.0 cm³/mol. The second-order valence-electron chi connectivity index (χ2n) is 4.66. The largest absolute Gasteiger partial charge is 0.375 e. The van der Waals surface area contributed by atoms with Crippen LogP contribution in [0.25, 0.3) is 0 Å². The molecule has 1 aromatic rings. The Morgan fingerprint density at radius 1 is 1.53 bits per heavy atom. The lowest BCUT2D eigenvalue weighted by molar-refractivity contribution is 0.0608. The summed E-state index contributed by atoms with van der Waals surface area (Å²) in [6.45, 7) is 2.76. The highest BCUT2D eigenvalue weighted by Crippen LogP contribution is 2.32. The molecule has 0 amide bonds. The van der Waals surface area contributed by atoms with Crippen LogP contribution in [-0.4, -0.2) is 47.6 Å². The van der Waals surface area contributed by atoms with Crippen molar-refractivity contribution in [1.29, 1.82) is 0 Å². The van der Waals surface area contributed by atoms with E-state index < -0.39 is 10.0 Å². The van der Waals surface area contributed by atoms with Gasteiger partial charge in [-0.15, -0.1) is 0 Å². The van der Waals surface area contributed by atoms with Gasteiger partial charge in [-0.3, -0.25) is 0 Å². The Morgan fingerprint density at radius 3 is 2.76 bits per heavy atom. The van der Waals surface area contributed by atoms with Crippen molar-refractivity contribution >= 4 is 10.0 Å². The van der Waals surface area contributed by atoms with Gasteiger partial charge in [-0.05, 0) is 13.3 Å². The molecule has 0 aromatic carbocycles. The summed E-state index contributed by atoms with van der Waals surface area (Å²) in [7, 11) is -1.66. The van der Waals surface area contributed by atoms with E-state index in [4.69, 9.17) is 4.74 Å². The molecule has 7 heteroatoms. The fourth-order valence-corrected chi connectivity index (χ4v) is 4.11. The predicted octanol–water partition coefficient (Wildman–Crippen LogP) is -0.110. The van der Waals surface area contributed by atoms with E-state index in [1.165, 1.54) is 4.31 Å². The molecule has 17 heavy (non-hydrogen) atoms. The quantitative estimate of drug-likeness (QED) is 0.741. The average Bonchev–Trinajstić information content (AvgIpc) is 2.95. The summed E-state index contributed by atoms with van der Waals surface area (Å²) < 4.78 is 33.4. The number of aryl methyl sites for hydroxylation is 2. The lowest BCUT2D eigenvalue weighted by atomic mass is 10.3. The van der Waals surface area contributed by atoms with Gasteiger partial charge in [-0.2, -0.15) is 4.31 Å². The number of sulfonamides is 1. The molecule has 2 atom stereocenters. The fraction of sp³-hybridized carbons (Fsp3) is 0.700. The van der Waals surface area contributed by atoms with Gasteiger partial charge >= 0.3 is 0 Å². The van der Waals surface area contributed by atoms with E-state index >= 15 is 0 Å². The molecule has 0 saturated carbocycles. The lowest BCUT2D eigenvalue weighted by Gasteiger charge is -2.24. The number of morpholine rings is 1. The normalized spacial score (nSPS) is 29.1. The van der Waals surface area contributed by atoms with Gasteiger partial charge in [-0.25, -0.2) is 13.4 Å². The van der Waals surface area contributed by atoms with E-state index in [0.29, 0.717) is 19.0 Å². The topological polar surface area (TPSA) is 64.4 Å². The molecule has 94 valence electrons. The van der Waals surface area contributed by atoms with Crippen molar-refractivity contribution < 1.29 is 13.2 Å². The van der Waals surface area contributed by atoms with E-state index in [9.17, 15) is 8.42 Å². The molecule has 2 bridgehead atoms. The third-order valence-corrected chi connectivity index (χ3v) is 5.30. The number of hydrogen-bond acceptors (Lipinski definition) is 4. The zero-order valence-electron chi connectivity index (χ0n) is 9.83. The molecule has 2 aliphatic heterocycles. The minimum absolute atomic E-state index is 0.00712. The SMILES string of the molecule is Cc1nc(S(=O)(=O)N2CC3CC2CO3)cn1C. The zero-order chi connectivity index (χ0) is 12.2. The monoisotopic (exact) mass is 257 g/mol. The Kier molecular flexibility index (Phi) is 2.33. The van der Waals surface area contributed by atoms with Gasteiger partial charge in [0.1, 0.15) is 5.82 Å². The lowest BCUT2D eigenvalue weighted by Crippen LogP contribution is -2.41. The first kappa shape index (κ1) is 11.2. The molecule has 2 fully saturated rings. The highest BCUT2D eigenvalue weighted by atomic mass is 32.2. The van der Waals surface area contributed by atoms with Gasteiger partial charge in [-0.1, -0.05) is 0 Å². The highest BCUT2D eigenvalue weighted by Gasteiger charge is 2.46. The molecule has 2 saturated heterocycles. The van der Waals surface area contributed by atoms with Crippen molar-refractivity contribution in [1.82, 2.24) is 13.9 Å². The van der Waals surface area contributed by atoms with Crippen LogP contribution in [0.15, 0.2) is 11.2 Å². The third-order valence-electron chi connectivity index (χ3n) is 3.51. The summed E-state index contributed by atoms with van der Waals surface area (Å²) in [5.41, 5.74) is 0. The van der Waals surface area contributed by atoms with Crippen molar-refractivity contribution in [2.45, 2.75) is 30.5 Å². The number of hydrogen-bond donors (Lipinski definition) is 0. The van der Waals surface area contributed by atoms with Crippen LogP contribution >= 0.6 is 0 Å². The van der Waals surface area contributed by atoms with Gasteiger partial charge in [0.25, 0.3) is 10.0 Å². The van der Waals surface area contributed by atoms with Gasteiger partial charge in [0.05, 0.1) is 18.8 Å². The van der Waals surface area contributed by atoms with E-state index in [0.717, 1.165) is 6.42 Å². The van der Waals surface area contributed by atoms with Crippen molar-refractivity contribution in [2.24, 2.45) is 7.05 Å². The first-order valence-corrected chi connectivity index (χ1v) is 7.06. The highest BCUT2D eigenvalue weighted by molar-refractivity contribution is 7.89. The zero-order valence-corrected chi connectivity index (χ0v) is 10.6. The fourth-order valence-electron chi connectivity index (χ4n) is 2.43. The minimum Gasteiger partial charge on any atom is -0.375 e.